The van der Waals surface area contributed by atoms with Crippen molar-refractivity contribution in [2.24, 2.45) is 5.92 Å². The third kappa shape index (κ3) is 1.64. The number of aliphatic hydroxyl groups excluding tert-OH is 1. The van der Waals surface area contributed by atoms with E-state index in [2.05, 4.69) is 0 Å². The van der Waals surface area contributed by atoms with E-state index in [-0.39, 0.29) is 11.7 Å². The van der Waals surface area contributed by atoms with Gasteiger partial charge in [-0.05, 0) is 31.1 Å². The molecular formula is C10H12O2. The van der Waals surface area contributed by atoms with Gasteiger partial charge >= 0.3 is 0 Å². The maximum atomic E-state index is 10.6. The second-order valence-corrected chi connectivity index (χ2v) is 2.97. The van der Waals surface area contributed by atoms with Crippen LogP contribution in [0.4, 0.5) is 0 Å². The fourth-order valence-electron chi connectivity index (χ4n) is 1.14. The quantitative estimate of drug-likeness (QED) is 0.603. The minimum absolute atomic E-state index is 0.125. The van der Waals surface area contributed by atoms with Crippen molar-refractivity contribution in [2.75, 3.05) is 0 Å². The number of carbonyl (C=O) groups excluding carboxylic acids is 1. The van der Waals surface area contributed by atoms with Crippen molar-refractivity contribution in [3.8, 4) is 0 Å². The Morgan fingerprint density at radius 2 is 2.17 bits per heavy atom. The second-order valence-electron chi connectivity index (χ2n) is 2.97. The number of allylic oxidation sites excluding steroid dienone is 5. The summed E-state index contributed by atoms with van der Waals surface area (Å²) in [7, 11) is 0. The molecule has 1 aliphatic rings. The second kappa shape index (κ2) is 3.39. The molecule has 1 atom stereocenters. The third-order valence-electron chi connectivity index (χ3n) is 2.12. The molecule has 2 nitrogen and oxygen atoms in total. The van der Waals surface area contributed by atoms with E-state index in [4.69, 9.17) is 0 Å². The van der Waals surface area contributed by atoms with Gasteiger partial charge in [0, 0.05) is 5.57 Å². The lowest BCUT2D eigenvalue weighted by molar-refractivity contribution is -0.104. The molecule has 64 valence electrons. The number of aldehydes is 1. The van der Waals surface area contributed by atoms with E-state index in [1.807, 2.05) is 13.8 Å². The van der Waals surface area contributed by atoms with Crippen LogP contribution in [0.5, 0.6) is 0 Å². The van der Waals surface area contributed by atoms with E-state index in [1.54, 1.807) is 12.2 Å². The maximum absolute atomic E-state index is 10.6. The standard InChI is InChI=1S/C10H12O2/c1-7-5-10(12)4-3-9(6-11)8(7)2/h3-7,12H,1-2H3. The van der Waals surface area contributed by atoms with Gasteiger partial charge in [0.15, 0.2) is 0 Å². The molecule has 0 aromatic carbocycles. The van der Waals surface area contributed by atoms with Crippen molar-refractivity contribution in [2.45, 2.75) is 13.8 Å². The molecule has 0 heterocycles. The van der Waals surface area contributed by atoms with Gasteiger partial charge in [-0.3, -0.25) is 4.79 Å². The highest BCUT2D eigenvalue weighted by molar-refractivity contribution is 5.79. The van der Waals surface area contributed by atoms with Crippen LogP contribution in [-0.2, 0) is 4.79 Å². The predicted octanol–water partition coefficient (Wildman–Crippen LogP) is 2.15. The lowest BCUT2D eigenvalue weighted by Gasteiger charge is -2.06. The number of hydrogen-bond donors (Lipinski definition) is 1. The Balaban J connectivity index is 3.09. The van der Waals surface area contributed by atoms with E-state index in [9.17, 15) is 9.90 Å². The molecule has 0 aromatic heterocycles. The highest BCUT2D eigenvalue weighted by Gasteiger charge is 2.09. The Morgan fingerprint density at radius 1 is 1.50 bits per heavy atom. The molecule has 0 aromatic rings. The Bertz CT molecular complexity index is 282. The highest BCUT2D eigenvalue weighted by Crippen LogP contribution is 2.20. The van der Waals surface area contributed by atoms with Crippen LogP contribution in [0.2, 0.25) is 0 Å². The zero-order valence-corrected chi connectivity index (χ0v) is 7.24. The fraction of sp³-hybridized carbons (Fsp3) is 0.300. The number of hydrogen-bond acceptors (Lipinski definition) is 2. The molecule has 1 unspecified atom stereocenters. The lowest BCUT2D eigenvalue weighted by Crippen LogP contribution is -1.95. The first-order chi connectivity index (χ1) is 5.65. The van der Waals surface area contributed by atoms with Gasteiger partial charge < -0.3 is 5.11 Å². The summed E-state index contributed by atoms with van der Waals surface area (Å²) in [6.45, 7) is 3.84. The summed E-state index contributed by atoms with van der Waals surface area (Å²) < 4.78 is 0. The normalized spacial score (nSPS) is 23.5. The van der Waals surface area contributed by atoms with E-state index in [1.165, 1.54) is 6.08 Å². The number of rotatable bonds is 1. The minimum atomic E-state index is 0.125. The van der Waals surface area contributed by atoms with Crippen molar-refractivity contribution in [1.82, 2.24) is 0 Å². The first kappa shape index (κ1) is 8.78. The molecule has 0 aliphatic heterocycles. The maximum Gasteiger partial charge on any atom is 0.150 e. The number of carbonyl (C=O) groups is 1. The van der Waals surface area contributed by atoms with Crippen LogP contribution in [0.3, 0.4) is 0 Å². The molecule has 1 N–H and O–H groups in total. The summed E-state index contributed by atoms with van der Waals surface area (Å²) in [5.41, 5.74) is 1.65. The monoisotopic (exact) mass is 164 g/mol. The average molecular weight is 164 g/mol. The highest BCUT2D eigenvalue weighted by atomic mass is 16.3. The van der Waals surface area contributed by atoms with Crippen LogP contribution in [0.1, 0.15) is 13.8 Å². The van der Waals surface area contributed by atoms with Gasteiger partial charge in [-0.25, -0.2) is 0 Å². The van der Waals surface area contributed by atoms with Crippen molar-refractivity contribution in [3.05, 3.63) is 35.1 Å². The van der Waals surface area contributed by atoms with Crippen LogP contribution < -0.4 is 0 Å². The van der Waals surface area contributed by atoms with Gasteiger partial charge in [-0.2, -0.15) is 0 Å². The first-order valence-electron chi connectivity index (χ1n) is 3.90. The molecule has 0 bridgehead atoms. The Morgan fingerprint density at radius 3 is 2.75 bits per heavy atom. The van der Waals surface area contributed by atoms with Crippen molar-refractivity contribution in [3.63, 3.8) is 0 Å². The Kier molecular flexibility index (Phi) is 2.48. The molecule has 12 heavy (non-hydrogen) atoms. The largest absolute Gasteiger partial charge is 0.508 e. The molecule has 0 saturated heterocycles. The Labute approximate surface area is 71.9 Å². The van der Waals surface area contributed by atoms with E-state index >= 15 is 0 Å². The molecule has 0 spiro atoms. The van der Waals surface area contributed by atoms with Crippen molar-refractivity contribution in [1.29, 1.82) is 0 Å². The van der Waals surface area contributed by atoms with Gasteiger partial charge in [0.05, 0.1) is 0 Å². The van der Waals surface area contributed by atoms with Crippen molar-refractivity contribution >= 4 is 6.29 Å². The molecule has 2 heteroatoms. The molecule has 0 saturated carbocycles. The lowest BCUT2D eigenvalue weighted by atomic mass is 9.99. The molecule has 0 amide bonds. The Hall–Kier alpha value is -1.31. The summed E-state index contributed by atoms with van der Waals surface area (Å²) in [4.78, 5) is 10.6. The van der Waals surface area contributed by atoms with Crippen LogP contribution in [0.25, 0.3) is 0 Å². The minimum Gasteiger partial charge on any atom is -0.508 e. The van der Waals surface area contributed by atoms with Crippen LogP contribution in [0.15, 0.2) is 35.1 Å². The van der Waals surface area contributed by atoms with Crippen molar-refractivity contribution < 1.29 is 9.90 Å². The third-order valence-corrected chi connectivity index (χ3v) is 2.12. The van der Waals surface area contributed by atoms with Gasteiger partial charge in [0.1, 0.15) is 12.0 Å². The van der Waals surface area contributed by atoms with Gasteiger partial charge in [0.25, 0.3) is 0 Å². The average Bonchev–Trinajstić information content (AvgIpc) is 2.14. The van der Waals surface area contributed by atoms with E-state index < -0.39 is 0 Å². The van der Waals surface area contributed by atoms with E-state index in [0.717, 1.165) is 11.9 Å². The SMILES string of the molecule is CC1=C(C=O)C=CC(O)=CC1C. The molecule has 0 radical (unpaired) electrons. The zero-order chi connectivity index (χ0) is 9.14. The topological polar surface area (TPSA) is 37.3 Å². The molecular weight excluding hydrogens is 152 g/mol. The summed E-state index contributed by atoms with van der Waals surface area (Å²) >= 11 is 0. The predicted molar refractivity (Wildman–Crippen MR) is 47.8 cm³/mol. The summed E-state index contributed by atoms with van der Waals surface area (Å²) in [6.07, 6.45) is 5.71. The summed E-state index contributed by atoms with van der Waals surface area (Å²) in [5.74, 6) is 0.346. The van der Waals surface area contributed by atoms with Crippen LogP contribution >= 0.6 is 0 Å². The van der Waals surface area contributed by atoms with Gasteiger partial charge in [0.2, 0.25) is 0 Å². The summed E-state index contributed by atoms with van der Waals surface area (Å²) in [6, 6.07) is 0. The zero-order valence-electron chi connectivity index (χ0n) is 7.24. The number of aliphatic hydroxyl groups is 1. The van der Waals surface area contributed by atoms with Crippen LogP contribution in [-0.4, -0.2) is 11.4 Å². The van der Waals surface area contributed by atoms with Gasteiger partial charge in [-0.15, -0.1) is 0 Å². The fourth-order valence-corrected chi connectivity index (χ4v) is 1.14. The molecule has 1 aliphatic carbocycles. The molecule has 1 rings (SSSR count). The van der Waals surface area contributed by atoms with E-state index in [0.29, 0.717) is 5.57 Å². The first-order valence-corrected chi connectivity index (χ1v) is 3.90. The van der Waals surface area contributed by atoms with Crippen LogP contribution in [0, 0.1) is 5.92 Å². The summed E-state index contributed by atoms with van der Waals surface area (Å²) in [5, 5.41) is 9.22. The smallest absolute Gasteiger partial charge is 0.150 e. The molecule has 0 fully saturated rings. The van der Waals surface area contributed by atoms with Gasteiger partial charge in [-0.1, -0.05) is 12.5 Å².